The highest BCUT2D eigenvalue weighted by atomic mass is 16.5. The summed E-state index contributed by atoms with van der Waals surface area (Å²) in [6.45, 7) is 4.25. The molecular formula is C20H25N3O2. The molecule has 0 radical (unpaired) electrons. The Labute approximate surface area is 148 Å². The van der Waals surface area contributed by atoms with Crippen LogP contribution in [-0.4, -0.2) is 45.9 Å². The van der Waals surface area contributed by atoms with Gasteiger partial charge in [0.2, 0.25) is 0 Å². The van der Waals surface area contributed by atoms with Crippen molar-refractivity contribution in [1.82, 2.24) is 14.7 Å². The van der Waals surface area contributed by atoms with Crippen LogP contribution in [0, 0.1) is 6.92 Å². The molecule has 1 aromatic carbocycles. The van der Waals surface area contributed by atoms with Crippen LogP contribution in [0.1, 0.15) is 46.7 Å². The van der Waals surface area contributed by atoms with E-state index < -0.39 is 0 Å². The van der Waals surface area contributed by atoms with E-state index in [1.807, 2.05) is 54.0 Å². The third kappa shape index (κ3) is 3.21. The average molecular weight is 339 g/mol. The van der Waals surface area contributed by atoms with E-state index in [1.54, 1.807) is 0 Å². The Morgan fingerprint density at radius 3 is 3.04 bits per heavy atom. The second kappa shape index (κ2) is 6.30. The molecule has 5 nitrogen and oxygen atoms in total. The highest BCUT2D eigenvalue weighted by Gasteiger charge is 2.45. The predicted molar refractivity (Wildman–Crippen MR) is 95.6 cm³/mol. The van der Waals surface area contributed by atoms with Gasteiger partial charge >= 0.3 is 0 Å². The number of carbonyl (C=O) groups is 1. The van der Waals surface area contributed by atoms with E-state index in [9.17, 15) is 4.79 Å². The first-order valence-electron chi connectivity index (χ1n) is 9.03. The lowest BCUT2D eigenvalue weighted by Crippen LogP contribution is -2.50. The molecule has 1 aromatic heterocycles. The van der Waals surface area contributed by atoms with Gasteiger partial charge in [0, 0.05) is 37.8 Å². The standard InChI is InChI=1S/C20H25N3O2/c1-15-5-3-6-16(9-15)19(24)23-8-4-7-20(14-23)10-17(13-25-20)18-11-21-22(2)12-18/h3,5-6,9,11-12,17H,4,7-8,10,13-14H2,1-2H3. The SMILES string of the molecule is Cc1cccc(C(=O)N2CCCC3(CC(c4cnn(C)c4)CO3)C2)c1. The number of aryl methyl sites for hydroxylation is 2. The smallest absolute Gasteiger partial charge is 0.253 e. The molecule has 4 rings (SSSR count). The van der Waals surface area contributed by atoms with Crippen molar-refractivity contribution >= 4 is 5.91 Å². The average Bonchev–Trinajstić information content (AvgIpc) is 3.21. The van der Waals surface area contributed by atoms with E-state index in [1.165, 1.54) is 5.56 Å². The van der Waals surface area contributed by atoms with E-state index in [2.05, 4.69) is 11.3 Å². The Morgan fingerprint density at radius 2 is 2.28 bits per heavy atom. The molecule has 2 unspecified atom stereocenters. The maximum atomic E-state index is 12.9. The molecule has 2 saturated heterocycles. The molecule has 0 aliphatic carbocycles. The van der Waals surface area contributed by atoms with E-state index in [-0.39, 0.29) is 11.5 Å². The van der Waals surface area contributed by atoms with Gasteiger partial charge in [0.05, 0.1) is 18.4 Å². The van der Waals surface area contributed by atoms with Gasteiger partial charge in [-0.3, -0.25) is 9.48 Å². The minimum Gasteiger partial charge on any atom is -0.372 e. The van der Waals surface area contributed by atoms with Crippen molar-refractivity contribution in [2.75, 3.05) is 19.7 Å². The van der Waals surface area contributed by atoms with Crippen LogP contribution in [0.4, 0.5) is 0 Å². The molecule has 2 fully saturated rings. The molecule has 0 N–H and O–H groups in total. The van der Waals surface area contributed by atoms with Crippen molar-refractivity contribution in [2.24, 2.45) is 7.05 Å². The number of likely N-dealkylation sites (tertiary alicyclic amines) is 1. The van der Waals surface area contributed by atoms with Crippen LogP contribution < -0.4 is 0 Å². The van der Waals surface area contributed by atoms with Gasteiger partial charge < -0.3 is 9.64 Å². The summed E-state index contributed by atoms with van der Waals surface area (Å²) in [6.07, 6.45) is 7.01. The fourth-order valence-electron chi connectivity index (χ4n) is 4.23. The van der Waals surface area contributed by atoms with Gasteiger partial charge in [0.1, 0.15) is 0 Å². The zero-order chi connectivity index (χ0) is 17.4. The lowest BCUT2D eigenvalue weighted by molar-refractivity contribution is -0.0447. The van der Waals surface area contributed by atoms with Crippen LogP contribution >= 0.6 is 0 Å². The maximum absolute atomic E-state index is 12.9. The van der Waals surface area contributed by atoms with Crippen molar-refractivity contribution < 1.29 is 9.53 Å². The molecule has 1 amide bonds. The van der Waals surface area contributed by atoms with Crippen molar-refractivity contribution in [3.05, 3.63) is 53.3 Å². The van der Waals surface area contributed by atoms with Gasteiger partial charge in [0.25, 0.3) is 5.91 Å². The number of aromatic nitrogens is 2. The topological polar surface area (TPSA) is 47.4 Å². The molecule has 2 atom stereocenters. The van der Waals surface area contributed by atoms with Crippen LogP contribution in [0.3, 0.4) is 0 Å². The monoisotopic (exact) mass is 339 g/mol. The number of rotatable bonds is 2. The van der Waals surface area contributed by atoms with E-state index in [0.29, 0.717) is 12.5 Å². The third-order valence-corrected chi connectivity index (χ3v) is 5.50. The molecule has 1 spiro atoms. The number of carbonyl (C=O) groups excluding carboxylic acids is 1. The summed E-state index contributed by atoms with van der Waals surface area (Å²) >= 11 is 0. The van der Waals surface area contributed by atoms with Gasteiger partial charge in [-0.05, 0) is 43.9 Å². The second-order valence-electron chi connectivity index (χ2n) is 7.54. The molecule has 25 heavy (non-hydrogen) atoms. The van der Waals surface area contributed by atoms with Crippen molar-refractivity contribution in [2.45, 2.75) is 37.7 Å². The quantitative estimate of drug-likeness (QED) is 0.845. The Bertz CT molecular complexity index is 785. The van der Waals surface area contributed by atoms with Gasteiger partial charge in [0.15, 0.2) is 0 Å². The number of amides is 1. The highest BCUT2D eigenvalue weighted by Crippen LogP contribution is 2.41. The van der Waals surface area contributed by atoms with Gasteiger partial charge in [-0.1, -0.05) is 17.7 Å². The van der Waals surface area contributed by atoms with Crippen LogP contribution in [0.15, 0.2) is 36.7 Å². The van der Waals surface area contributed by atoms with Crippen molar-refractivity contribution in [1.29, 1.82) is 0 Å². The summed E-state index contributed by atoms with van der Waals surface area (Å²) in [7, 11) is 1.94. The van der Waals surface area contributed by atoms with Gasteiger partial charge in [-0.2, -0.15) is 5.10 Å². The van der Waals surface area contributed by atoms with Crippen LogP contribution in [-0.2, 0) is 11.8 Å². The van der Waals surface area contributed by atoms with Gasteiger partial charge in [-0.25, -0.2) is 0 Å². The fraction of sp³-hybridized carbons (Fsp3) is 0.500. The molecule has 132 valence electrons. The van der Waals surface area contributed by atoms with Crippen LogP contribution in [0.5, 0.6) is 0 Å². The van der Waals surface area contributed by atoms with E-state index in [0.717, 1.165) is 43.5 Å². The Morgan fingerprint density at radius 1 is 1.40 bits per heavy atom. The van der Waals surface area contributed by atoms with Crippen LogP contribution in [0.2, 0.25) is 0 Å². The largest absolute Gasteiger partial charge is 0.372 e. The summed E-state index contributed by atoms with van der Waals surface area (Å²) < 4.78 is 8.11. The number of hydrogen-bond acceptors (Lipinski definition) is 3. The molecule has 2 aromatic rings. The highest BCUT2D eigenvalue weighted by molar-refractivity contribution is 5.94. The number of hydrogen-bond donors (Lipinski definition) is 0. The minimum atomic E-state index is -0.196. The fourth-order valence-corrected chi connectivity index (χ4v) is 4.23. The summed E-state index contributed by atoms with van der Waals surface area (Å²) in [5.74, 6) is 0.499. The molecule has 0 saturated carbocycles. The number of nitrogens with zero attached hydrogens (tertiary/aromatic N) is 3. The zero-order valence-electron chi connectivity index (χ0n) is 14.9. The predicted octanol–water partition coefficient (Wildman–Crippen LogP) is 2.91. The van der Waals surface area contributed by atoms with Crippen molar-refractivity contribution in [3.8, 4) is 0 Å². The van der Waals surface area contributed by atoms with E-state index >= 15 is 0 Å². The van der Waals surface area contributed by atoms with Gasteiger partial charge in [-0.15, -0.1) is 0 Å². The normalized spacial score (nSPS) is 26.3. The summed E-state index contributed by atoms with van der Waals surface area (Å²) in [5, 5.41) is 4.28. The first-order valence-corrected chi connectivity index (χ1v) is 9.03. The molecular weight excluding hydrogens is 314 g/mol. The number of piperidine rings is 1. The molecule has 0 bridgehead atoms. The molecule has 2 aliphatic rings. The second-order valence-corrected chi connectivity index (χ2v) is 7.54. The Kier molecular flexibility index (Phi) is 4.12. The summed E-state index contributed by atoms with van der Waals surface area (Å²) in [4.78, 5) is 14.9. The lowest BCUT2D eigenvalue weighted by atomic mass is 9.84. The first-order chi connectivity index (χ1) is 12.0. The summed E-state index contributed by atoms with van der Waals surface area (Å²) in [6, 6.07) is 7.85. The Hall–Kier alpha value is -2.14. The first kappa shape index (κ1) is 16.3. The van der Waals surface area contributed by atoms with E-state index in [4.69, 9.17) is 4.74 Å². The maximum Gasteiger partial charge on any atom is 0.253 e. The molecule has 3 heterocycles. The van der Waals surface area contributed by atoms with Crippen molar-refractivity contribution in [3.63, 3.8) is 0 Å². The summed E-state index contributed by atoms with van der Waals surface area (Å²) in [5.41, 5.74) is 2.94. The van der Waals surface area contributed by atoms with Crippen LogP contribution in [0.25, 0.3) is 0 Å². The number of ether oxygens (including phenoxy) is 1. The molecule has 5 heteroatoms. The Balaban J connectivity index is 1.48. The number of benzene rings is 1. The zero-order valence-corrected chi connectivity index (χ0v) is 14.9. The lowest BCUT2D eigenvalue weighted by Gasteiger charge is -2.39. The minimum absolute atomic E-state index is 0.121. The third-order valence-electron chi connectivity index (χ3n) is 5.50. The molecule has 2 aliphatic heterocycles.